The molecular weight excluding hydrogens is 633 g/mol. The van der Waals surface area contributed by atoms with Crippen LogP contribution in [-0.2, 0) is 24.2 Å². The molecule has 3 fully saturated rings. The Hall–Kier alpha value is -3.57. The molecule has 1 aromatic carbocycles. The Kier molecular flexibility index (Phi) is 10.7. The third-order valence-corrected chi connectivity index (χ3v) is 12.2. The largest absolute Gasteiger partial charge is 0.481 e. The van der Waals surface area contributed by atoms with E-state index in [9.17, 15) is 19.4 Å². The highest BCUT2D eigenvalue weighted by atomic mass is 19.1. The van der Waals surface area contributed by atoms with Crippen LogP contribution >= 0.6 is 0 Å². The molecule has 0 spiro atoms. The van der Waals surface area contributed by atoms with E-state index < -0.39 is 5.97 Å². The number of aryl methyl sites for hydroxylation is 2. The van der Waals surface area contributed by atoms with Crippen LogP contribution in [0, 0.1) is 17.7 Å². The number of fused-ring (bicyclic) bond motifs is 3. The zero-order valence-electron chi connectivity index (χ0n) is 29.6. The molecule has 2 aliphatic carbocycles. The van der Waals surface area contributed by atoms with Crippen LogP contribution in [0.5, 0.6) is 0 Å². The number of rotatable bonds is 12. The Morgan fingerprint density at radius 2 is 1.82 bits per heavy atom. The maximum atomic E-state index is 14.4. The second kappa shape index (κ2) is 15.4. The molecule has 2 aromatic heterocycles. The summed E-state index contributed by atoms with van der Waals surface area (Å²) in [4.78, 5) is 24.6. The molecule has 0 radical (unpaired) electrons. The van der Waals surface area contributed by atoms with E-state index in [0.717, 1.165) is 105 Å². The first-order valence-electron chi connectivity index (χ1n) is 19.1. The number of carboxylic acids is 1. The summed E-state index contributed by atoms with van der Waals surface area (Å²) >= 11 is 0. The summed E-state index contributed by atoms with van der Waals surface area (Å²) in [6.45, 7) is 5.85. The number of benzene rings is 1. The van der Waals surface area contributed by atoms with E-state index in [1.807, 2.05) is 16.9 Å². The number of carbonyl (C=O) groups is 1. The zero-order valence-corrected chi connectivity index (χ0v) is 29.6. The van der Waals surface area contributed by atoms with Crippen molar-refractivity contribution >= 4 is 17.7 Å². The quantitative estimate of drug-likeness (QED) is 0.164. The average molecular weight is 688 g/mol. The van der Waals surface area contributed by atoms with E-state index in [2.05, 4.69) is 40.7 Å². The lowest BCUT2D eigenvalue weighted by Gasteiger charge is -2.49. The minimum Gasteiger partial charge on any atom is -0.481 e. The van der Waals surface area contributed by atoms with Gasteiger partial charge in [-0.15, -0.1) is 0 Å². The number of hydrogen-bond donors (Lipinski definition) is 4. The molecule has 10 nitrogen and oxygen atoms in total. The minimum absolute atomic E-state index is 0.0803. The Morgan fingerprint density at radius 3 is 2.50 bits per heavy atom. The van der Waals surface area contributed by atoms with Gasteiger partial charge in [0.25, 0.3) is 0 Å². The summed E-state index contributed by atoms with van der Waals surface area (Å²) in [6, 6.07) is 7.78. The summed E-state index contributed by atoms with van der Waals surface area (Å²) in [5.74, 6) is 0.822. The van der Waals surface area contributed by atoms with E-state index in [1.165, 1.54) is 12.5 Å². The van der Waals surface area contributed by atoms with Crippen LogP contribution < -0.4 is 10.6 Å². The van der Waals surface area contributed by atoms with E-state index in [0.29, 0.717) is 36.8 Å². The molecule has 4 heterocycles. The van der Waals surface area contributed by atoms with Crippen molar-refractivity contribution in [3.63, 3.8) is 0 Å². The van der Waals surface area contributed by atoms with Crippen molar-refractivity contribution in [2.24, 2.45) is 11.8 Å². The molecule has 11 heteroatoms. The van der Waals surface area contributed by atoms with Gasteiger partial charge < -0.3 is 20.8 Å². The first-order chi connectivity index (χ1) is 24.3. The highest BCUT2D eigenvalue weighted by Gasteiger charge is 2.39. The second-order valence-corrected chi connectivity index (χ2v) is 15.3. The molecule has 2 unspecified atom stereocenters. The first-order valence-corrected chi connectivity index (χ1v) is 19.1. The van der Waals surface area contributed by atoms with Crippen LogP contribution in [-0.4, -0.2) is 71.6 Å². The molecule has 2 saturated heterocycles. The van der Waals surface area contributed by atoms with E-state index in [4.69, 9.17) is 9.97 Å². The van der Waals surface area contributed by atoms with Crippen LogP contribution in [0.4, 0.5) is 16.2 Å². The summed E-state index contributed by atoms with van der Waals surface area (Å²) in [5.41, 5.74) is 4.24. The summed E-state index contributed by atoms with van der Waals surface area (Å²) in [6.07, 6.45) is 15.4. The fourth-order valence-corrected chi connectivity index (χ4v) is 9.42. The molecule has 5 atom stereocenters. The van der Waals surface area contributed by atoms with Crippen molar-refractivity contribution in [3.8, 4) is 0 Å². The third kappa shape index (κ3) is 7.68. The highest BCUT2D eigenvalue weighted by molar-refractivity contribution is 5.70. The molecule has 2 aliphatic heterocycles. The van der Waals surface area contributed by atoms with Gasteiger partial charge in [-0.2, -0.15) is 10.1 Å². The molecule has 4 N–H and O–H groups in total. The number of nitrogens with zero attached hydrogens (tertiary/aromatic N) is 5. The first kappa shape index (κ1) is 34.9. The van der Waals surface area contributed by atoms with Gasteiger partial charge in [0.1, 0.15) is 11.6 Å². The number of carboxylic acid groups (broad SMARTS) is 1. The van der Waals surface area contributed by atoms with Crippen molar-refractivity contribution in [1.29, 1.82) is 0 Å². The maximum Gasteiger partial charge on any atom is 0.306 e. The minimum atomic E-state index is -0.682. The Balaban J connectivity index is 1.21. The summed E-state index contributed by atoms with van der Waals surface area (Å²) in [5, 5.41) is 32.5. The van der Waals surface area contributed by atoms with Crippen LogP contribution in [0.2, 0.25) is 0 Å². The number of aliphatic hydroxyl groups is 1. The predicted molar refractivity (Wildman–Crippen MR) is 192 cm³/mol. The molecular formula is C39H54FN7O3. The van der Waals surface area contributed by atoms with E-state index >= 15 is 0 Å². The number of aromatic nitrogens is 4. The van der Waals surface area contributed by atoms with Crippen molar-refractivity contribution in [1.82, 2.24) is 24.6 Å². The summed E-state index contributed by atoms with van der Waals surface area (Å²) < 4.78 is 16.3. The summed E-state index contributed by atoms with van der Waals surface area (Å²) in [7, 11) is 0. The van der Waals surface area contributed by atoms with Crippen LogP contribution in [0.1, 0.15) is 119 Å². The normalized spacial score (nSPS) is 28.0. The molecule has 3 aromatic rings. The molecule has 50 heavy (non-hydrogen) atoms. The number of aliphatic hydroxyl groups excluding tert-OH is 1. The van der Waals surface area contributed by atoms with Gasteiger partial charge in [0.15, 0.2) is 0 Å². The van der Waals surface area contributed by atoms with Gasteiger partial charge in [0.2, 0.25) is 5.95 Å². The van der Waals surface area contributed by atoms with Gasteiger partial charge in [-0.05, 0) is 114 Å². The van der Waals surface area contributed by atoms with Crippen molar-refractivity contribution in [2.75, 3.05) is 17.2 Å². The van der Waals surface area contributed by atoms with Gasteiger partial charge in [-0.1, -0.05) is 25.5 Å². The fraction of sp³-hybridized carbons (Fsp3) is 0.641. The number of nitrogens with one attached hydrogen (secondary N) is 2. The van der Waals surface area contributed by atoms with Gasteiger partial charge in [0.05, 0.1) is 30.0 Å². The molecule has 4 aliphatic rings. The van der Waals surface area contributed by atoms with Crippen LogP contribution in [0.25, 0.3) is 0 Å². The average Bonchev–Trinajstić information content (AvgIpc) is 3.60. The predicted octanol–water partition coefficient (Wildman–Crippen LogP) is 6.72. The van der Waals surface area contributed by atoms with Gasteiger partial charge >= 0.3 is 5.97 Å². The van der Waals surface area contributed by atoms with Crippen molar-refractivity contribution < 1.29 is 19.4 Å². The SMILES string of the molecule is CC[C@@H](Nc1nc2c(c(N[C@@H](CN3C4CCCC3CC(O)C4)c3cnn(CC)c3)n1)C[C@H](c1cccc(F)c1)CC2)C1CCC(C(=O)O)CC1. The van der Waals surface area contributed by atoms with Crippen LogP contribution in [0.3, 0.4) is 0 Å². The smallest absolute Gasteiger partial charge is 0.306 e. The van der Waals surface area contributed by atoms with Crippen LogP contribution in [0.15, 0.2) is 36.7 Å². The molecule has 7 rings (SSSR count). The number of hydrogen-bond acceptors (Lipinski definition) is 8. The molecule has 0 amide bonds. The third-order valence-electron chi connectivity index (χ3n) is 12.2. The maximum absolute atomic E-state index is 14.4. The lowest BCUT2D eigenvalue weighted by Crippen LogP contribution is -2.55. The lowest BCUT2D eigenvalue weighted by molar-refractivity contribution is -0.143. The Morgan fingerprint density at radius 1 is 1.04 bits per heavy atom. The van der Waals surface area contributed by atoms with Gasteiger partial charge in [-0.3, -0.25) is 14.4 Å². The fourth-order valence-electron chi connectivity index (χ4n) is 9.42. The number of piperidine rings is 2. The highest BCUT2D eigenvalue weighted by Crippen LogP contribution is 2.40. The molecule has 1 saturated carbocycles. The molecule has 2 bridgehead atoms. The van der Waals surface area contributed by atoms with Crippen molar-refractivity contribution in [3.05, 3.63) is 64.9 Å². The standard InChI is InChI=1S/C39H54FN7O3/c1-3-34(24-11-13-25(14-12-24)38(49)50)43-39-44-35-16-15-27(26-7-5-8-29(40)17-26)18-33(35)37(45-39)42-36(28-21-41-46(4-2)22-28)23-47-30-9-6-10-31(47)20-32(48)19-30/h5,7-8,17,21-22,24-25,27,30-32,34,36,48H,3-4,6,9-16,18-20,23H2,1-2H3,(H,49,50)(H2,42,43,44,45)/t24?,25?,27-,30?,31?,32?,34-,36+/m1/s1. The van der Waals surface area contributed by atoms with E-state index in [1.54, 1.807) is 12.1 Å². The van der Waals surface area contributed by atoms with Gasteiger partial charge in [0, 0.05) is 48.5 Å². The number of aliphatic carboxylic acids is 1. The molecule has 270 valence electrons. The number of anilines is 2. The van der Waals surface area contributed by atoms with Crippen molar-refractivity contribution in [2.45, 2.75) is 140 Å². The monoisotopic (exact) mass is 687 g/mol. The number of halogens is 1. The second-order valence-electron chi connectivity index (χ2n) is 15.3. The van der Waals surface area contributed by atoms with E-state index in [-0.39, 0.29) is 35.8 Å². The Bertz CT molecular complexity index is 1610. The topological polar surface area (TPSA) is 128 Å². The zero-order chi connectivity index (χ0) is 34.8. The Labute approximate surface area is 295 Å². The van der Waals surface area contributed by atoms with Gasteiger partial charge in [-0.25, -0.2) is 9.37 Å². The lowest BCUT2D eigenvalue weighted by atomic mass is 9.78.